The van der Waals surface area contributed by atoms with Crippen LogP contribution in [0.25, 0.3) is 43.6 Å². The highest BCUT2D eigenvalue weighted by Crippen LogP contribution is 2.46. The number of hydrogen-bond acceptors (Lipinski definition) is 18. The number of amides is 4. The summed E-state index contributed by atoms with van der Waals surface area (Å²) in [5, 5.41) is 19.3. The van der Waals surface area contributed by atoms with Gasteiger partial charge in [0.25, 0.3) is 0 Å². The topological polar surface area (TPSA) is 310 Å². The zero-order valence-corrected chi connectivity index (χ0v) is 81.7. The molecule has 7 aromatic heterocycles. The number of H-pyrrole nitrogens is 4. The Kier molecular flexibility index (Phi) is 32.0. The fourth-order valence-corrected chi connectivity index (χ4v) is 19.3. The smallest absolute Gasteiger partial charge is 0.416 e. The first-order chi connectivity index (χ1) is 70.0. The number of para-hydroxylation sites is 1. The second kappa shape index (κ2) is 46.6. The van der Waals surface area contributed by atoms with E-state index in [1.165, 1.54) is 54.4 Å². The summed E-state index contributed by atoms with van der Waals surface area (Å²) in [5.41, 5.74) is 16.2. The van der Waals surface area contributed by atoms with Gasteiger partial charge in [-0.3, -0.25) is 33.6 Å². The summed E-state index contributed by atoms with van der Waals surface area (Å²) in [6.45, 7) is 8.79. The summed E-state index contributed by atoms with van der Waals surface area (Å²) < 4.78 is 64.4. The molecule has 17 aromatic rings. The van der Waals surface area contributed by atoms with Crippen molar-refractivity contribution in [3.8, 4) is 46.8 Å². The van der Waals surface area contributed by atoms with Gasteiger partial charge < -0.3 is 57.8 Å². The summed E-state index contributed by atoms with van der Waals surface area (Å²) in [6.07, 6.45) is 20.0. The lowest BCUT2D eigenvalue weighted by molar-refractivity contribution is 0.0888. The Bertz CT molecular complexity index is 7240. The van der Waals surface area contributed by atoms with E-state index in [-0.39, 0.29) is 36.6 Å². The van der Waals surface area contributed by atoms with Crippen molar-refractivity contribution >= 4 is 126 Å². The first-order valence-electron chi connectivity index (χ1n) is 47.2. The first-order valence-corrected chi connectivity index (χ1v) is 49.2. The minimum absolute atomic E-state index is 0.0708. The zero-order valence-electron chi connectivity index (χ0n) is 78.0. The second-order valence-corrected chi connectivity index (χ2v) is 36.5. The molecule has 0 spiro atoms. The molecule has 4 unspecified atom stereocenters. The lowest BCUT2D eigenvalue weighted by atomic mass is 9.92. The Morgan fingerprint density at radius 3 is 0.979 bits per heavy atom. The number of ether oxygens (including phenoxy) is 8. The first kappa shape index (κ1) is 98.2. The largest absolute Gasteiger partial charge is 0.494 e. The van der Waals surface area contributed by atoms with E-state index in [0.29, 0.717) is 110 Å². The summed E-state index contributed by atoms with van der Waals surface area (Å²) in [5.74, 6) is 6.38. The van der Waals surface area contributed by atoms with Crippen molar-refractivity contribution in [3.05, 3.63) is 356 Å². The molecule has 4 amide bonds. The van der Waals surface area contributed by atoms with E-state index in [0.717, 1.165) is 181 Å². The van der Waals surface area contributed by atoms with Gasteiger partial charge in [-0.05, 0) is 241 Å². The maximum absolute atomic E-state index is 13.4. The highest BCUT2D eigenvalue weighted by molar-refractivity contribution is 6.32. The predicted molar refractivity (Wildman–Crippen MR) is 546 cm³/mol. The number of hydrogen-bond donors (Lipinski definition) is 4. The molecule has 4 atom stereocenters. The van der Waals surface area contributed by atoms with Crippen molar-refractivity contribution in [3.63, 3.8) is 0 Å². The number of aryl methyl sites for hydroxylation is 3. The third-order valence-electron chi connectivity index (χ3n) is 25.1. The minimum atomic E-state index is -0.512. The average molecular weight is 2030 g/mol. The maximum atomic E-state index is 13.4. The number of fused-ring (bicyclic) bond motifs is 12. The van der Waals surface area contributed by atoms with Crippen molar-refractivity contribution in [2.24, 2.45) is 0 Å². The molecule has 4 aliphatic rings. The molecule has 11 heterocycles. The molecule has 0 bridgehead atoms. The second-order valence-electron chi connectivity index (χ2n) is 34.3. The summed E-state index contributed by atoms with van der Waals surface area (Å²) >= 11 is 30.9. The highest BCUT2D eigenvalue weighted by Gasteiger charge is 2.41. The molecule has 4 aliphatic heterocycles. The van der Waals surface area contributed by atoms with Crippen LogP contribution in [0.4, 0.5) is 23.6 Å². The molecule has 35 heteroatoms. The number of benzene rings is 10. The van der Waals surface area contributed by atoms with Crippen molar-refractivity contribution in [1.29, 1.82) is 0 Å². The number of alkyl halides is 1. The average Bonchev–Trinajstić information content (AvgIpc) is 1.62. The van der Waals surface area contributed by atoms with Crippen molar-refractivity contribution in [2.45, 2.75) is 109 Å². The Hall–Kier alpha value is -15.0. The van der Waals surface area contributed by atoms with Crippen LogP contribution in [0, 0.1) is 18.2 Å². The van der Waals surface area contributed by atoms with Crippen LogP contribution in [0.15, 0.2) is 262 Å². The van der Waals surface area contributed by atoms with E-state index in [2.05, 4.69) is 56.1 Å². The maximum Gasteiger partial charge on any atom is 0.416 e. The molecule has 0 saturated carbocycles. The molecule has 29 nitrogen and oxygen atoms in total. The van der Waals surface area contributed by atoms with Crippen LogP contribution in [0.1, 0.15) is 130 Å². The SMILES string of the molecule is C#CCOC(=O)N1CCc2c([nH]c3ccc(Cl)cc23)C1c1ccc(OCCCn2cncn2)cc1.CCCOC(=O)N1CCc2c([nH]c3ccc(Cl)cc23)C1c1ccc(OCCCCl)cc1.O=C(Oc1ccc(F)cc1)N1CCc2c([nH]c3ccc(Cl)cc23)C1c1ccc(OCCCn2cncn2)cc1.O=C(Oc1ccccc1)N1CCc2c([nH]c3ccc(Cl)cc23)C1c1ccc(OCCCn2cncn2)cc1. The van der Waals surface area contributed by atoms with E-state index >= 15 is 0 Å². The van der Waals surface area contributed by atoms with E-state index in [4.69, 9.17) is 102 Å². The molecular formula is C108H101Cl5FN17O12. The molecule has 0 saturated heterocycles. The Morgan fingerprint density at radius 2 is 0.678 bits per heavy atom. The standard InChI is InChI=1S/C29H25ClFN5O3.C29H26ClN5O3.C26H24ClN5O3.C24H26Cl2N2O3/c30-20-4-11-26-25(16-20)24-12-14-36(29(37)39-23-9-5-21(31)6-10-23)28(27(24)34-26)19-2-7-22(8-3-19)38-15-1-13-35-18-32-17-33-35;30-21-9-12-26-25(17-21)24-13-15-35(29(36)38-23-5-2-1-3-6-23)28(27(24)33-26)20-7-10-22(11-8-20)37-16-4-14-34-19-31-18-32-34;1-2-13-35-26(33)32-12-10-21-22-15-19(27)6-9-23(22)30-24(21)25(32)18-4-7-20(8-5-18)34-14-3-11-31-17-28-16-29-31;1-2-13-31-24(29)28-12-10-19-20-15-17(26)6-9-21(20)27-22(19)23(28)16-4-7-18(8-5-16)30-14-3-11-25/h2-11,16-18,28,34H,1,12-15H2;1-3,5-12,17-19,28,33H,4,13-16H2;1,4-9,15-17,25,30H,3,10-14H2;4-9,15,23,27H,2-3,10-14H2,1H3. The number of nitrogens with zero attached hydrogens (tertiary/aromatic N) is 13. The van der Waals surface area contributed by atoms with Gasteiger partial charge in [0.15, 0.2) is 6.61 Å². The molecule has 143 heavy (non-hydrogen) atoms. The van der Waals surface area contributed by atoms with Crippen molar-refractivity contribution in [2.75, 3.05) is 71.7 Å². The lowest BCUT2D eigenvalue weighted by Gasteiger charge is -2.35. The van der Waals surface area contributed by atoms with Crippen LogP contribution in [0.5, 0.6) is 34.5 Å². The zero-order chi connectivity index (χ0) is 98.7. The van der Waals surface area contributed by atoms with E-state index in [9.17, 15) is 23.6 Å². The van der Waals surface area contributed by atoms with Gasteiger partial charge in [-0.2, -0.15) is 15.3 Å². The number of rotatable bonds is 28. The fourth-order valence-electron chi connectivity index (χ4n) is 18.5. The molecule has 4 N–H and O–H groups in total. The minimum Gasteiger partial charge on any atom is -0.494 e. The fraction of sp³-hybridized carbons (Fsp3) is 0.259. The molecule has 732 valence electrons. The van der Waals surface area contributed by atoms with Crippen molar-refractivity contribution in [1.82, 2.24) is 83.8 Å². The number of nitrogens with one attached hydrogen (secondary N) is 4. The molecule has 0 radical (unpaired) electrons. The number of terminal acetylenes is 1. The predicted octanol–water partition coefficient (Wildman–Crippen LogP) is 23.1. The number of aromatic nitrogens is 13. The quantitative estimate of drug-likeness (QED) is 0.0201. The summed E-state index contributed by atoms with van der Waals surface area (Å²) in [4.78, 5) is 85.5. The monoisotopic (exact) mass is 2020 g/mol. The van der Waals surface area contributed by atoms with Crippen LogP contribution in [0.3, 0.4) is 0 Å². The Morgan fingerprint density at radius 1 is 0.378 bits per heavy atom. The van der Waals surface area contributed by atoms with Crippen LogP contribution >= 0.6 is 58.0 Å². The van der Waals surface area contributed by atoms with Gasteiger partial charge in [0.1, 0.15) is 102 Å². The van der Waals surface area contributed by atoms with Crippen LogP contribution in [0.2, 0.25) is 20.1 Å². The van der Waals surface area contributed by atoms with Gasteiger partial charge in [0.2, 0.25) is 0 Å². The van der Waals surface area contributed by atoms with Gasteiger partial charge in [-0.15, -0.1) is 18.0 Å². The Balaban J connectivity index is 0.000000126. The van der Waals surface area contributed by atoms with Gasteiger partial charge in [0.05, 0.1) is 33.0 Å². The number of aromatic amines is 4. The highest BCUT2D eigenvalue weighted by atomic mass is 35.5. The van der Waals surface area contributed by atoms with Crippen LogP contribution < -0.4 is 28.4 Å². The van der Waals surface area contributed by atoms with Gasteiger partial charge in [-0.25, -0.2) is 38.5 Å². The molecule has 10 aromatic carbocycles. The number of carbonyl (C=O) groups excluding carboxylic acids is 4. The number of halogens is 6. The van der Waals surface area contributed by atoms with E-state index < -0.39 is 30.1 Å². The third kappa shape index (κ3) is 23.6. The van der Waals surface area contributed by atoms with Gasteiger partial charge in [0, 0.05) is 157 Å². The Labute approximate surface area is 848 Å². The summed E-state index contributed by atoms with van der Waals surface area (Å²) in [6, 6.07) is 67.7. The molecule has 0 aliphatic carbocycles. The van der Waals surface area contributed by atoms with Crippen LogP contribution in [-0.4, -0.2) is 180 Å². The van der Waals surface area contributed by atoms with Gasteiger partial charge in [-0.1, -0.05) is 126 Å². The summed E-state index contributed by atoms with van der Waals surface area (Å²) in [7, 11) is 0. The van der Waals surface area contributed by atoms with Crippen LogP contribution in [-0.2, 0) is 54.8 Å². The molecule has 21 rings (SSSR count). The third-order valence-corrected chi connectivity index (χ3v) is 26.3. The van der Waals surface area contributed by atoms with E-state index in [1.807, 2.05) is 195 Å². The number of carbonyl (C=O) groups is 4. The molecular weight excluding hydrogens is 1920 g/mol. The van der Waals surface area contributed by atoms with Gasteiger partial charge >= 0.3 is 24.4 Å². The van der Waals surface area contributed by atoms with E-state index in [1.54, 1.807) is 64.8 Å². The normalized spacial score (nSPS) is 15.1. The molecule has 0 fully saturated rings. The lowest BCUT2D eigenvalue weighted by Crippen LogP contribution is -2.42. The van der Waals surface area contributed by atoms with Crippen molar-refractivity contribution < 1.29 is 61.5 Å².